The molecule has 0 aliphatic heterocycles. The molecule has 70 valence electrons. The molecule has 2 saturated carbocycles. The fourth-order valence-electron chi connectivity index (χ4n) is 3.79. The van der Waals surface area contributed by atoms with E-state index in [1.54, 1.807) is 0 Å². The van der Waals surface area contributed by atoms with Gasteiger partial charge in [0.1, 0.15) is 0 Å². The van der Waals surface area contributed by atoms with Crippen LogP contribution in [0.1, 0.15) is 39.5 Å². The first-order chi connectivity index (χ1) is 5.75. The lowest BCUT2D eigenvalue weighted by Gasteiger charge is -2.27. The van der Waals surface area contributed by atoms with Gasteiger partial charge in [-0.15, -0.1) is 0 Å². The molecule has 0 saturated heterocycles. The van der Waals surface area contributed by atoms with Crippen molar-refractivity contribution >= 4 is 0 Å². The Labute approximate surface area is 75.7 Å². The summed E-state index contributed by atoms with van der Waals surface area (Å²) < 4.78 is 0. The van der Waals surface area contributed by atoms with Gasteiger partial charge < -0.3 is 5.73 Å². The third kappa shape index (κ3) is 1.02. The van der Waals surface area contributed by atoms with Crippen molar-refractivity contribution in [2.24, 2.45) is 29.4 Å². The molecule has 5 atom stereocenters. The molecule has 0 heterocycles. The van der Waals surface area contributed by atoms with Crippen LogP contribution in [0.5, 0.6) is 0 Å². The summed E-state index contributed by atoms with van der Waals surface area (Å²) in [6.07, 6.45) is 5.58. The summed E-state index contributed by atoms with van der Waals surface area (Å²) in [5, 5.41) is 0. The Morgan fingerprint density at radius 2 is 1.92 bits per heavy atom. The molecular weight excluding hydrogens is 146 g/mol. The lowest BCUT2D eigenvalue weighted by Crippen LogP contribution is -2.36. The second-order valence-corrected chi connectivity index (χ2v) is 4.77. The summed E-state index contributed by atoms with van der Waals surface area (Å²) in [4.78, 5) is 0. The lowest BCUT2D eigenvalue weighted by atomic mass is 9.82. The van der Waals surface area contributed by atoms with E-state index in [-0.39, 0.29) is 0 Å². The Kier molecular flexibility index (Phi) is 2.16. The molecule has 2 bridgehead atoms. The minimum absolute atomic E-state index is 0.540. The van der Waals surface area contributed by atoms with Gasteiger partial charge in [0.2, 0.25) is 0 Å². The maximum atomic E-state index is 6.24. The molecule has 1 heteroatoms. The van der Waals surface area contributed by atoms with E-state index in [0.29, 0.717) is 6.04 Å². The van der Waals surface area contributed by atoms with E-state index in [2.05, 4.69) is 13.8 Å². The van der Waals surface area contributed by atoms with Crippen LogP contribution in [-0.2, 0) is 0 Å². The molecule has 0 aromatic rings. The number of hydrogen-bond donors (Lipinski definition) is 1. The highest BCUT2D eigenvalue weighted by atomic mass is 14.7. The van der Waals surface area contributed by atoms with Gasteiger partial charge in [0.25, 0.3) is 0 Å². The molecular formula is C11H21N. The average Bonchev–Trinajstić information content (AvgIpc) is 2.22. The molecule has 0 aromatic carbocycles. The molecule has 2 aliphatic carbocycles. The second-order valence-electron chi connectivity index (χ2n) is 4.77. The molecule has 0 amide bonds. The van der Waals surface area contributed by atoms with E-state index in [1.807, 2.05) is 0 Å². The Hall–Kier alpha value is -0.0400. The zero-order chi connectivity index (χ0) is 8.72. The third-order valence-electron chi connectivity index (χ3n) is 4.44. The molecule has 1 nitrogen and oxygen atoms in total. The summed E-state index contributed by atoms with van der Waals surface area (Å²) in [6, 6.07) is 0.540. The topological polar surface area (TPSA) is 26.0 Å². The van der Waals surface area contributed by atoms with Crippen molar-refractivity contribution in [2.75, 3.05) is 0 Å². The van der Waals surface area contributed by atoms with Crippen molar-refractivity contribution in [3.05, 3.63) is 0 Å². The number of nitrogens with two attached hydrogens (primary N) is 1. The Morgan fingerprint density at radius 1 is 1.25 bits per heavy atom. The molecule has 0 spiro atoms. The molecule has 2 N–H and O–H groups in total. The molecule has 0 aromatic heterocycles. The summed E-state index contributed by atoms with van der Waals surface area (Å²) in [6.45, 7) is 4.75. The van der Waals surface area contributed by atoms with E-state index in [4.69, 9.17) is 5.73 Å². The van der Waals surface area contributed by atoms with E-state index in [0.717, 1.165) is 23.7 Å². The van der Waals surface area contributed by atoms with Crippen molar-refractivity contribution in [3.8, 4) is 0 Å². The predicted molar refractivity (Wildman–Crippen MR) is 51.8 cm³/mol. The SMILES string of the molecule is CC[C@@H]1[C@H](C)[C@@H]2CCC[C@H]1[C@H]2N. The van der Waals surface area contributed by atoms with Crippen molar-refractivity contribution in [1.29, 1.82) is 0 Å². The first kappa shape index (κ1) is 8.55. The average molecular weight is 167 g/mol. The van der Waals surface area contributed by atoms with Gasteiger partial charge >= 0.3 is 0 Å². The molecule has 0 unspecified atom stereocenters. The first-order valence-electron chi connectivity index (χ1n) is 5.51. The van der Waals surface area contributed by atoms with Crippen LogP contribution in [0.15, 0.2) is 0 Å². The van der Waals surface area contributed by atoms with Gasteiger partial charge in [-0.2, -0.15) is 0 Å². The van der Waals surface area contributed by atoms with E-state index >= 15 is 0 Å². The van der Waals surface area contributed by atoms with Crippen LogP contribution in [0.2, 0.25) is 0 Å². The quantitative estimate of drug-likeness (QED) is 0.637. The molecule has 0 radical (unpaired) electrons. The summed E-state index contributed by atoms with van der Waals surface area (Å²) in [5.41, 5.74) is 6.24. The maximum absolute atomic E-state index is 6.24. The predicted octanol–water partition coefficient (Wildman–Crippen LogP) is 2.41. The zero-order valence-electron chi connectivity index (χ0n) is 8.29. The van der Waals surface area contributed by atoms with Gasteiger partial charge in [0.05, 0.1) is 0 Å². The zero-order valence-corrected chi connectivity index (χ0v) is 8.29. The Bertz CT molecular complexity index is 166. The maximum Gasteiger partial charge on any atom is 0.0101 e. The monoisotopic (exact) mass is 167 g/mol. The number of rotatable bonds is 1. The van der Waals surface area contributed by atoms with Crippen molar-refractivity contribution in [1.82, 2.24) is 0 Å². The van der Waals surface area contributed by atoms with E-state index in [9.17, 15) is 0 Å². The van der Waals surface area contributed by atoms with Crippen LogP contribution in [0, 0.1) is 23.7 Å². The minimum atomic E-state index is 0.540. The van der Waals surface area contributed by atoms with Gasteiger partial charge in [-0.3, -0.25) is 0 Å². The van der Waals surface area contributed by atoms with Crippen LogP contribution < -0.4 is 5.73 Å². The minimum Gasteiger partial charge on any atom is -0.327 e. The molecule has 2 rings (SSSR count). The van der Waals surface area contributed by atoms with Gasteiger partial charge in [-0.05, 0) is 36.5 Å². The molecule has 12 heavy (non-hydrogen) atoms. The van der Waals surface area contributed by atoms with Gasteiger partial charge in [0.15, 0.2) is 0 Å². The lowest BCUT2D eigenvalue weighted by molar-refractivity contribution is 0.276. The highest BCUT2D eigenvalue weighted by Gasteiger charge is 2.47. The summed E-state index contributed by atoms with van der Waals surface area (Å²) in [5.74, 6) is 3.56. The van der Waals surface area contributed by atoms with Crippen LogP contribution in [0.3, 0.4) is 0 Å². The second kappa shape index (κ2) is 3.02. The Balaban J connectivity index is 2.18. The fourth-order valence-corrected chi connectivity index (χ4v) is 3.79. The molecule has 2 aliphatic rings. The van der Waals surface area contributed by atoms with E-state index < -0.39 is 0 Å². The molecule has 2 fully saturated rings. The first-order valence-corrected chi connectivity index (χ1v) is 5.51. The fraction of sp³-hybridized carbons (Fsp3) is 1.00. The Morgan fingerprint density at radius 3 is 2.50 bits per heavy atom. The highest BCUT2D eigenvalue weighted by molar-refractivity contribution is 4.99. The van der Waals surface area contributed by atoms with Crippen LogP contribution >= 0.6 is 0 Å². The van der Waals surface area contributed by atoms with Gasteiger partial charge in [0, 0.05) is 6.04 Å². The van der Waals surface area contributed by atoms with Gasteiger partial charge in [-0.25, -0.2) is 0 Å². The van der Waals surface area contributed by atoms with Gasteiger partial charge in [-0.1, -0.05) is 26.7 Å². The number of hydrogen-bond acceptors (Lipinski definition) is 1. The standard InChI is InChI=1S/C11H21N/c1-3-8-7(2)9-5-4-6-10(8)11(9)12/h7-11H,3-6,12H2,1-2H3/t7-,8+,9-,10+,11-/m0/s1. The number of fused-ring (bicyclic) bond motifs is 2. The van der Waals surface area contributed by atoms with Crippen LogP contribution in [-0.4, -0.2) is 6.04 Å². The largest absolute Gasteiger partial charge is 0.327 e. The van der Waals surface area contributed by atoms with Crippen molar-refractivity contribution in [2.45, 2.75) is 45.6 Å². The van der Waals surface area contributed by atoms with Crippen molar-refractivity contribution < 1.29 is 0 Å². The van der Waals surface area contributed by atoms with Crippen LogP contribution in [0.25, 0.3) is 0 Å². The van der Waals surface area contributed by atoms with E-state index in [1.165, 1.54) is 25.7 Å². The third-order valence-corrected chi connectivity index (χ3v) is 4.44. The normalized spacial score (nSPS) is 52.8. The summed E-state index contributed by atoms with van der Waals surface area (Å²) in [7, 11) is 0. The highest BCUT2D eigenvalue weighted by Crippen LogP contribution is 2.49. The van der Waals surface area contributed by atoms with Crippen LogP contribution in [0.4, 0.5) is 0 Å². The van der Waals surface area contributed by atoms with Crippen molar-refractivity contribution in [3.63, 3.8) is 0 Å². The summed E-state index contributed by atoms with van der Waals surface area (Å²) >= 11 is 0. The smallest absolute Gasteiger partial charge is 0.0101 e.